The number of allylic oxidation sites excluding steroid dienone is 1. The summed E-state index contributed by atoms with van der Waals surface area (Å²) in [5.74, 6) is 1.03. The number of carbonyl (C=O) groups excluding carboxylic acids is 1. The summed E-state index contributed by atoms with van der Waals surface area (Å²) in [6.45, 7) is 9.59. The van der Waals surface area contributed by atoms with Crippen LogP contribution in [0.5, 0.6) is 11.5 Å². The van der Waals surface area contributed by atoms with Crippen LogP contribution in [-0.4, -0.2) is 63.2 Å². The van der Waals surface area contributed by atoms with Gasteiger partial charge in [-0.1, -0.05) is 30.3 Å². The van der Waals surface area contributed by atoms with E-state index < -0.39 is 0 Å². The van der Waals surface area contributed by atoms with E-state index in [1.165, 1.54) is 5.56 Å². The number of hydrogen-bond donors (Lipinski definition) is 1. The lowest BCUT2D eigenvalue weighted by Crippen LogP contribution is -2.43. The first kappa shape index (κ1) is 22.8. The maximum absolute atomic E-state index is 12.8. The normalized spacial score (nSPS) is 14.8. The molecule has 2 aromatic carbocycles. The third-order valence-electron chi connectivity index (χ3n) is 5.63. The lowest BCUT2D eigenvalue weighted by atomic mass is 10.0. The topological polar surface area (TPSA) is 54.0 Å². The zero-order valence-electron chi connectivity index (χ0n) is 18.8. The molecule has 0 aromatic heterocycles. The average Bonchev–Trinajstić information content (AvgIpc) is 2.79. The molecular formula is C25H33N3O3. The third-order valence-corrected chi connectivity index (χ3v) is 5.63. The van der Waals surface area contributed by atoms with Gasteiger partial charge >= 0.3 is 0 Å². The van der Waals surface area contributed by atoms with Crippen molar-refractivity contribution in [1.29, 1.82) is 0 Å². The van der Waals surface area contributed by atoms with Gasteiger partial charge in [0.2, 0.25) is 0 Å². The Bertz CT molecular complexity index is 905. The van der Waals surface area contributed by atoms with Crippen molar-refractivity contribution in [3.8, 4) is 11.5 Å². The van der Waals surface area contributed by atoms with Crippen LogP contribution in [0.15, 0.2) is 49.1 Å². The van der Waals surface area contributed by atoms with Gasteiger partial charge in [0.15, 0.2) is 11.5 Å². The number of likely N-dealkylation sites (N-methyl/N-ethyl adjacent to an activating group) is 1. The highest BCUT2D eigenvalue weighted by atomic mass is 16.5. The highest BCUT2D eigenvalue weighted by Gasteiger charge is 2.16. The van der Waals surface area contributed by atoms with Crippen LogP contribution < -0.4 is 14.8 Å². The van der Waals surface area contributed by atoms with Crippen LogP contribution in [0.3, 0.4) is 0 Å². The van der Waals surface area contributed by atoms with Crippen LogP contribution in [-0.2, 0) is 19.5 Å². The zero-order valence-corrected chi connectivity index (χ0v) is 18.8. The summed E-state index contributed by atoms with van der Waals surface area (Å²) in [7, 11) is 5.34. The summed E-state index contributed by atoms with van der Waals surface area (Å²) >= 11 is 0. The van der Waals surface area contributed by atoms with Crippen LogP contribution >= 0.6 is 0 Å². The van der Waals surface area contributed by atoms with E-state index in [0.717, 1.165) is 43.9 Å². The van der Waals surface area contributed by atoms with E-state index in [1.807, 2.05) is 12.1 Å². The van der Waals surface area contributed by atoms with Crippen LogP contribution in [0.4, 0.5) is 0 Å². The number of methoxy groups -OCH3 is 2. The van der Waals surface area contributed by atoms with Gasteiger partial charge in [0.05, 0.1) is 14.2 Å². The monoisotopic (exact) mass is 423 g/mol. The van der Waals surface area contributed by atoms with Crippen molar-refractivity contribution in [1.82, 2.24) is 15.1 Å². The number of rotatable bonds is 9. The smallest absolute Gasteiger partial charge is 0.251 e. The molecule has 0 radical (unpaired) electrons. The molecule has 0 saturated carbocycles. The quantitative estimate of drug-likeness (QED) is 0.628. The molecule has 0 spiro atoms. The first-order valence-electron chi connectivity index (χ1n) is 10.7. The molecule has 166 valence electrons. The molecule has 6 heteroatoms. The number of amides is 1. The van der Waals surface area contributed by atoms with E-state index in [9.17, 15) is 4.79 Å². The predicted octanol–water partition coefficient (Wildman–Crippen LogP) is 3.11. The van der Waals surface area contributed by atoms with Gasteiger partial charge in [-0.25, -0.2) is 0 Å². The summed E-state index contributed by atoms with van der Waals surface area (Å²) in [4.78, 5) is 17.7. The Morgan fingerprint density at radius 1 is 1.10 bits per heavy atom. The minimum Gasteiger partial charge on any atom is -0.493 e. The molecule has 1 N–H and O–H groups in total. The summed E-state index contributed by atoms with van der Waals surface area (Å²) in [5.41, 5.74) is 3.78. The molecule has 6 nitrogen and oxygen atoms in total. The van der Waals surface area contributed by atoms with Gasteiger partial charge in [-0.3, -0.25) is 9.69 Å². The van der Waals surface area contributed by atoms with Gasteiger partial charge in [0.1, 0.15) is 0 Å². The molecule has 31 heavy (non-hydrogen) atoms. The second-order valence-corrected chi connectivity index (χ2v) is 7.95. The standard InChI is InChI=1S/C25H33N3O3/c1-5-7-21-15-22(16-23(30-3)24(21)31-4)25(29)26-17-19-8-6-9-20(14-19)18-28-12-10-27(2)11-13-28/h5-6,8-9,14-16H,1,7,10-13,17-18H2,2-4H3,(H,26,29). The molecule has 0 unspecified atom stereocenters. The van der Waals surface area contributed by atoms with Gasteiger partial charge in [-0.15, -0.1) is 6.58 Å². The summed E-state index contributed by atoms with van der Waals surface area (Å²) in [6.07, 6.45) is 2.37. The molecule has 1 amide bonds. The number of ether oxygens (including phenoxy) is 2. The fourth-order valence-corrected chi connectivity index (χ4v) is 3.87. The molecule has 1 fully saturated rings. The Labute approximate surface area is 185 Å². The number of nitrogens with zero attached hydrogens (tertiary/aromatic N) is 2. The zero-order chi connectivity index (χ0) is 22.2. The van der Waals surface area contributed by atoms with Crippen molar-refractivity contribution in [2.75, 3.05) is 47.4 Å². The second-order valence-electron chi connectivity index (χ2n) is 7.95. The Morgan fingerprint density at radius 2 is 1.84 bits per heavy atom. The van der Waals surface area contributed by atoms with Crippen LogP contribution in [0, 0.1) is 0 Å². The van der Waals surface area contributed by atoms with Gasteiger partial charge in [-0.2, -0.15) is 0 Å². The van der Waals surface area contributed by atoms with E-state index in [-0.39, 0.29) is 5.91 Å². The van der Waals surface area contributed by atoms with E-state index in [1.54, 1.807) is 26.4 Å². The van der Waals surface area contributed by atoms with Crippen molar-refractivity contribution in [2.45, 2.75) is 19.5 Å². The minimum absolute atomic E-state index is 0.143. The van der Waals surface area contributed by atoms with Gasteiger partial charge in [-0.05, 0) is 36.7 Å². The third kappa shape index (κ3) is 6.09. The Kier molecular flexibility index (Phi) is 8.09. The maximum atomic E-state index is 12.8. The van der Waals surface area contributed by atoms with E-state index in [4.69, 9.17) is 9.47 Å². The van der Waals surface area contributed by atoms with Crippen LogP contribution in [0.1, 0.15) is 27.0 Å². The SMILES string of the molecule is C=CCc1cc(C(=O)NCc2cccc(CN3CCN(C)CC3)c2)cc(OC)c1OC. The predicted molar refractivity (Wildman–Crippen MR) is 124 cm³/mol. The minimum atomic E-state index is -0.143. The number of piperazine rings is 1. The molecule has 2 aromatic rings. The van der Waals surface area contributed by atoms with Gasteiger partial charge in [0.25, 0.3) is 5.91 Å². The van der Waals surface area contributed by atoms with Crippen molar-refractivity contribution >= 4 is 5.91 Å². The Balaban J connectivity index is 1.65. The van der Waals surface area contributed by atoms with Crippen molar-refractivity contribution in [3.63, 3.8) is 0 Å². The molecule has 0 bridgehead atoms. The Hall–Kier alpha value is -2.83. The number of carbonyl (C=O) groups is 1. The molecule has 1 saturated heterocycles. The summed E-state index contributed by atoms with van der Waals surface area (Å²) in [6, 6.07) is 12.0. The molecule has 3 rings (SSSR count). The molecule has 1 heterocycles. The molecule has 0 aliphatic carbocycles. The Morgan fingerprint density at radius 3 is 2.52 bits per heavy atom. The van der Waals surface area contributed by atoms with E-state index >= 15 is 0 Å². The highest BCUT2D eigenvalue weighted by molar-refractivity contribution is 5.95. The van der Waals surface area contributed by atoms with E-state index in [0.29, 0.717) is 30.0 Å². The lowest BCUT2D eigenvalue weighted by molar-refractivity contribution is 0.0950. The molecule has 1 aliphatic heterocycles. The molecule has 0 atom stereocenters. The molecule has 1 aliphatic rings. The first-order chi connectivity index (χ1) is 15.0. The van der Waals surface area contributed by atoms with Crippen molar-refractivity contribution in [2.24, 2.45) is 0 Å². The fourth-order valence-electron chi connectivity index (χ4n) is 3.87. The van der Waals surface area contributed by atoms with Crippen LogP contribution in [0.2, 0.25) is 0 Å². The number of hydrogen-bond acceptors (Lipinski definition) is 5. The first-order valence-corrected chi connectivity index (χ1v) is 10.7. The lowest BCUT2D eigenvalue weighted by Gasteiger charge is -2.32. The highest BCUT2D eigenvalue weighted by Crippen LogP contribution is 2.33. The summed E-state index contributed by atoms with van der Waals surface area (Å²) in [5, 5.41) is 3.03. The second kappa shape index (κ2) is 11.0. The van der Waals surface area contributed by atoms with Crippen molar-refractivity contribution < 1.29 is 14.3 Å². The van der Waals surface area contributed by atoms with Crippen molar-refractivity contribution in [3.05, 3.63) is 71.3 Å². The van der Waals surface area contributed by atoms with Crippen LogP contribution in [0.25, 0.3) is 0 Å². The number of benzene rings is 2. The average molecular weight is 424 g/mol. The fraction of sp³-hybridized carbons (Fsp3) is 0.400. The van der Waals surface area contributed by atoms with E-state index in [2.05, 4.69) is 46.9 Å². The maximum Gasteiger partial charge on any atom is 0.251 e. The number of nitrogens with one attached hydrogen (secondary N) is 1. The summed E-state index contributed by atoms with van der Waals surface area (Å²) < 4.78 is 10.9. The largest absolute Gasteiger partial charge is 0.493 e. The molecular weight excluding hydrogens is 390 g/mol. The van der Waals surface area contributed by atoms with Gasteiger partial charge in [0, 0.05) is 50.4 Å². The van der Waals surface area contributed by atoms with Gasteiger partial charge < -0.3 is 19.7 Å².